The normalized spacial score (nSPS) is 9.60. The first-order valence-electron chi connectivity index (χ1n) is 4.31. The van der Waals surface area contributed by atoms with Crippen molar-refractivity contribution in [2.45, 2.75) is 6.42 Å². The molecule has 0 saturated carbocycles. The third-order valence-corrected chi connectivity index (χ3v) is 2.11. The van der Waals surface area contributed by atoms with Crippen LogP contribution in [0.5, 0.6) is 0 Å². The van der Waals surface area contributed by atoms with Crippen LogP contribution in [0.15, 0.2) is 36.7 Å². The number of hydrogen-bond acceptors (Lipinski definition) is 2. The van der Waals surface area contributed by atoms with Crippen molar-refractivity contribution in [2.75, 3.05) is 0 Å². The van der Waals surface area contributed by atoms with Crippen LogP contribution in [-0.2, 0) is 11.2 Å². The fraction of sp³-hybridized carbons (Fsp3) is 0.0909. The predicted octanol–water partition coefficient (Wildman–Crippen LogP) is 2.28. The number of carbonyl (C=O) groups is 1. The van der Waals surface area contributed by atoms with Gasteiger partial charge in [-0.3, -0.25) is 9.78 Å². The van der Waals surface area contributed by atoms with E-state index in [1.54, 1.807) is 12.4 Å². The molecule has 4 heteroatoms. The van der Waals surface area contributed by atoms with Crippen molar-refractivity contribution >= 4 is 29.1 Å². The summed E-state index contributed by atoms with van der Waals surface area (Å²) >= 11 is 0. The molecule has 0 unspecified atom stereocenters. The molecule has 0 aliphatic rings. The zero-order chi connectivity index (χ0) is 9.97. The van der Waals surface area contributed by atoms with Gasteiger partial charge in [0.15, 0.2) is 0 Å². The summed E-state index contributed by atoms with van der Waals surface area (Å²) in [5, 5.41) is 10.7. The first-order chi connectivity index (χ1) is 6.77. The second kappa shape index (κ2) is 4.75. The number of benzene rings is 1. The van der Waals surface area contributed by atoms with Gasteiger partial charge in [-0.05, 0) is 17.0 Å². The van der Waals surface area contributed by atoms with Crippen molar-refractivity contribution in [3.8, 4) is 0 Å². The zero-order valence-corrected chi connectivity index (χ0v) is 8.70. The molecular formula is C11H10ClNO2. The number of carboxylic acids is 1. The van der Waals surface area contributed by atoms with Gasteiger partial charge in [0.2, 0.25) is 0 Å². The minimum atomic E-state index is -0.811. The SMILES string of the molecule is Cl.O=C(O)Cc1cccc2cnccc12. The molecule has 1 aromatic carbocycles. The molecule has 0 aliphatic heterocycles. The van der Waals surface area contributed by atoms with Gasteiger partial charge in [0.05, 0.1) is 6.42 Å². The molecule has 0 bridgehead atoms. The second-order valence-corrected chi connectivity index (χ2v) is 3.08. The fourth-order valence-electron chi connectivity index (χ4n) is 1.51. The predicted molar refractivity (Wildman–Crippen MR) is 60.3 cm³/mol. The summed E-state index contributed by atoms with van der Waals surface area (Å²) in [7, 11) is 0. The average Bonchev–Trinajstić information content (AvgIpc) is 2.18. The first-order valence-corrected chi connectivity index (χ1v) is 4.31. The topological polar surface area (TPSA) is 50.2 Å². The Bertz CT molecular complexity index is 479. The molecule has 1 heterocycles. The number of halogens is 1. The van der Waals surface area contributed by atoms with Gasteiger partial charge in [0.25, 0.3) is 0 Å². The third-order valence-electron chi connectivity index (χ3n) is 2.11. The van der Waals surface area contributed by atoms with Gasteiger partial charge in [-0.15, -0.1) is 12.4 Å². The second-order valence-electron chi connectivity index (χ2n) is 3.08. The Morgan fingerprint density at radius 2 is 2.13 bits per heavy atom. The summed E-state index contributed by atoms with van der Waals surface area (Å²) in [5.74, 6) is -0.811. The minimum Gasteiger partial charge on any atom is -0.481 e. The Balaban J connectivity index is 0.00000112. The van der Waals surface area contributed by atoms with E-state index in [-0.39, 0.29) is 18.8 Å². The number of aliphatic carboxylic acids is 1. The number of nitrogens with zero attached hydrogens (tertiary/aromatic N) is 1. The van der Waals surface area contributed by atoms with Gasteiger partial charge in [-0.1, -0.05) is 18.2 Å². The number of fused-ring (bicyclic) bond motifs is 1. The molecule has 78 valence electrons. The van der Waals surface area contributed by atoms with Crippen molar-refractivity contribution in [3.05, 3.63) is 42.2 Å². The molecule has 0 spiro atoms. The van der Waals surface area contributed by atoms with Crippen LogP contribution in [0.25, 0.3) is 10.8 Å². The lowest BCUT2D eigenvalue weighted by Crippen LogP contribution is -2.00. The number of pyridine rings is 1. The maximum Gasteiger partial charge on any atom is 0.307 e. The van der Waals surface area contributed by atoms with E-state index in [0.29, 0.717) is 0 Å². The average molecular weight is 224 g/mol. The molecule has 15 heavy (non-hydrogen) atoms. The number of rotatable bonds is 2. The summed E-state index contributed by atoms with van der Waals surface area (Å²) in [5.41, 5.74) is 0.831. The molecule has 2 rings (SSSR count). The van der Waals surface area contributed by atoms with Crippen LogP contribution in [-0.4, -0.2) is 16.1 Å². The lowest BCUT2D eigenvalue weighted by Gasteiger charge is -2.02. The number of hydrogen-bond donors (Lipinski definition) is 1. The van der Waals surface area contributed by atoms with E-state index in [0.717, 1.165) is 16.3 Å². The van der Waals surface area contributed by atoms with Gasteiger partial charge >= 0.3 is 5.97 Å². The van der Waals surface area contributed by atoms with E-state index in [1.165, 1.54) is 0 Å². The maximum absolute atomic E-state index is 10.6. The van der Waals surface area contributed by atoms with E-state index in [9.17, 15) is 4.79 Å². The molecule has 2 aromatic rings. The highest BCUT2D eigenvalue weighted by molar-refractivity contribution is 5.87. The third kappa shape index (κ3) is 2.44. The lowest BCUT2D eigenvalue weighted by molar-refractivity contribution is -0.136. The molecule has 0 amide bonds. The van der Waals surface area contributed by atoms with Gasteiger partial charge in [-0.25, -0.2) is 0 Å². The van der Waals surface area contributed by atoms with Crippen LogP contribution in [0.2, 0.25) is 0 Å². The highest BCUT2D eigenvalue weighted by Gasteiger charge is 2.04. The highest BCUT2D eigenvalue weighted by atomic mass is 35.5. The van der Waals surface area contributed by atoms with Crippen molar-refractivity contribution < 1.29 is 9.90 Å². The van der Waals surface area contributed by atoms with Crippen LogP contribution in [0.4, 0.5) is 0 Å². The smallest absolute Gasteiger partial charge is 0.307 e. The van der Waals surface area contributed by atoms with E-state index in [4.69, 9.17) is 5.11 Å². The van der Waals surface area contributed by atoms with E-state index in [1.807, 2.05) is 24.3 Å². The van der Waals surface area contributed by atoms with Crippen LogP contribution >= 0.6 is 12.4 Å². The quantitative estimate of drug-likeness (QED) is 0.850. The Morgan fingerprint density at radius 1 is 1.33 bits per heavy atom. The van der Waals surface area contributed by atoms with E-state index in [2.05, 4.69) is 4.98 Å². The van der Waals surface area contributed by atoms with E-state index >= 15 is 0 Å². The summed E-state index contributed by atoms with van der Waals surface area (Å²) in [6, 6.07) is 7.44. The van der Waals surface area contributed by atoms with Crippen LogP contribution < -0.4 is 0 Å². The molecule has 1 aromatic heterocycles. The molecule has 0 saturated heterocycles. The monoisotopic (exact) mass is 223 g/mol. The van der Waals surface area contributed by atoms with Gasteiger partial charge in [0, 0.05) is 17.8 Å². The number of carboxylic acid groups (broad SMARTS) is 1. The molecule has 0 radical (unpaired) electrons. The van der Waals surface area contributed by atoms with Gasteiger partial charge < -0.3 is 5.11 Å². The highest BCUT2D eigenvalue weighted by Crippen LogP contribution is 2.17. The molecule has 0 atom stereocenters. The Kier molecular flexibility index (Phi) is 3.63. The molecular weight excluding hydrogens is 214 g/mol. The Hall–Kier alpha value is -1.61. The van der Waals surface area contributed by atoms with Crippen molar-refractivity contribution in [2.24, 2.45) is 0 Å². The van der Waals surface area contributed by atoms with Crippen LogP contribution in [0.3, 0.4) is 0 Å². The van der Waals surface area contributed by atoms with Crippen LogP contribution in [0.1, 0.15) is 5.56 Å². The summed E-state index contributed by atoms with van der Waals surface area (Å²) in [6.07, 6.45) is 3.47. The number of aromatic nitrogens is 1. The van der Waals surface area contributed by atoms with E-state index < -0.39 is 5.97 Å². The van der Waals surface area contributed by atoms with Gasteiger partial charge in [0.1, 0.15) is 0 Å². The molecule has 0 fully saturated rings. The Labute approximate surface area is 93.2 Å². The molecule has 0 aliphatic carbocycles. The Morgan fingerprint density at radius 3 is 2.87 bits per heavy atom. The lowest BCUT2D eigenvalue weighted by atomic mass is 10.0. The molecule has 3 nitrogen and oxygen atoms in total. The summed E-state index contributed by atoms with van der Waals surface area (Å²) in [6.45, 7) is 0. The van der Waals surface area contributed by atoms with Crippen LogP contribution in [0, 0.1) is 0 Å². The standard InChI is InChI=1S/C11H9NO2.ClH/c13-11(14)6-8-2-1-3-9-7-12-5-4-10(8)9;/h1-5,7H,6H2,(H,13,14);1H. The first kappa shape index (κ1) is 11.5. The fourth-order valence-corrected chi connectivity index (χ4v) is 1.51. The molecule has 1 N–H and O–H groups in total. The van der Waals surface area contributed by atoms with Crippen molar-refractivity contribution in [1.82, 2.24) is 4.98 Å². The zero-order valence-electron chi connectivity index (χ0n) is 7.88. The largest absolute Gasteiger partial charge is 0.481 e. The van der Waals surface area contributed by atoms with Crippen molar-refractivity contribution in [1.29, 1.82) is 0 Å². The summed E-state index contributed by atoms with van der Waals surface area (Å²) < 4.78 is 0. The van der Waals surface area contributed by atoms with Crippen molar-refractivity contribution in [3.63, 3.8) is 0 Å². The van der Waals surface area contributed by atoms with Gasteiger partial charge in [-0.2, -0.15) is 0 Å². The maximum atomic E-state index is 10.6. The minimum absolute atomic E-state index is 0. The summed E-state index contributed by atoms with van der Waals surface area (Å²) in [4.78, 5) is 14.6.